The first-order valence-corrected chi connectivity index (χ1v) is 14.7. The zero-order valence-corrected chi connectivity index (χ0v) is 22.8. The average Bonchev–Trinajstić information content (AvgIpc) is 3.44. The molecule has 7 rings (SSSR count). The Labute approximate surface area is 232 Å². The summed E-state index contributed by atoms with van der Waals surface area (Å²) in [6.07, 6.45) is -1.28. The minimum atomic E-state index is -2.29. The molecule has 40 heavy (non-hydrogen) atoms. The van der Waals surface area contributed by atoms with Gasteiger partial charge in [0.1, 0.15) is 25.1 Å². The summed E-state index contributed by atoms with van der Waals surface area (Å²) >= 11 is 0. The number of fused-ring (bicyclic) bond motifs is 7. The molecule has 0 aromatic carbocycles. The Balaban J connectivity index is 1.20. The van der Waals surface area contributed by atoms with Crippen LogP contribution in [0.15, 0.2) is 11.6 Å². The first kappa shape index (κ1) is 27.4. The molecule has 15 atom stereocenters. The van der Waals surface area contributed by atoms with Crippen molar-refractivity contribution in [2.45, 2.75) is 113 Å². The van der Waals surface area contributed by atoms with Gasteiger partial charge in [0.2, 0.25) is 12.1 Å². The largest absolute Gasteiger partial charge is 0.458 e. The van der Waals surface area contributed by atoms with Gasteiger partial charge < -0.3 is 49.3 Å². The van der Waals surface area contributed by atoms with Crippen LogP contribution in [0.4, 0.5) is 0 Å². The Morgan fingerprint density at radius 2 is 1.80 bits per heavy atom. The molecule has 4 saturated carbocycles. The van der Waals surface area contributed by atoms with E-state index in [1.54, 1.807) is 6.92 Å². The van der Waals surface area contributed by atoms with Gasteiger partial charge in [0, 0.05) is 16.9 Å². The number of carbonyl (C=O) groups excluding carboxylic acids is 2. The van der Waals surface area contributed by atoms with Gasteiger partial charge in [-0.2, -0.15) is 0 Å². The van der Waals surface area contributed by atoms with E-state index >= 15 is 0 Å². The molecule has 7 aliphatic rings. The number of esters is 1. The van der Waals surface area contributed by atoms with E-state index in [-0.39, 0.29) is 36.7 Å². The minimum Gasteiger partial charge on any atom is -0.458 e. The monoisotopic (exact) mass is 564 g/mol. The van der Waals surface area contributed by atoms with Crippen molar-refractivity contribution in [2.75, 3.05) is 6.61 Å². The Morgan fingerprint density at radius 3 is 2.50 bits per heavy atom. The third kappa shape index (κ3) is 3.29. The van der Waals surface area contributed by atoms with E-state index in [0.29, 0.717) is 38.5 Å². The molecule has 5 N–H and O–H groups in total. The van der Waals surface area contributed by atoms with E-state index in [4.69, 9.17) is 18.9 Å². The molecule has 0 aromatic rings. The van der Waals surface area contributed by atoms with Crippen molar-refractivity contribution in [1.82, 2.24) is 0 Å². The van der Waals surface area contributed by atoms with Crippen LogP contribution < -0.4 is 0 Å². The number of aldehydes is 1. The standard InChI is InChI=1S/C29H40O11/c1-13-23(33)24(34)29(36)25(38-13)39-19-8-15-3-4-17-16(27(15,12-30)10-20(19)40-29)5-6-26(2)18(9-21(31)28(17,26)35)14-7-22(32)37-11-14/h7,12-13,15-21,23-25,31,33-36H,3-6,8-11H2,1-2H3. The fourth-order valence-electron chi connectivity index (χ4n) is 10.2. The Hall–Kier alpha value is -1.44. The predicted octanol–water partition coefficient (Wildman–Crippen LogP) is -0.0577. The van der Waals surface area contributed by atoms with Crippen molar-refractivity contribution < 1.29 is 54.1 Å². The highest BCUT2D eigenvalue weighted by Gasteiger charge is 2.73. The molecule has 0 bridgehead atoms. The first-order chi connectivity index (χ1) is 18.9. The molecule has 11 heteroatoms. The number of aliphatic hydroxyl groups excluding tert-OH is 3. The minimum absolute atomic E-state index is 0.0512. The van der Waals surface area contributed by atoms with E-state index in [1.165, 1.54) is 6.08 Å². The SMILES string of the molecule is CC1OC2OC3CC4CCC5C(CCC6(C)C(C7=CC(=O)OC7)CC(O)C56O)C4(C=O)CC3OC2(O)C(O)C1O. The van der Waals surface area contributed by atoms with Crippen LogP contribution in [0.25, 0.3) is 0 Å². The van der Waals surface area contributed by atoms with Gasteiger partial charge in [-0.15, -0.1) is 0 Å². The molecule has 0 amide bonds. The highest BCUT2D eigenvalue weighted by atomic mass is 16.8. The van der Waals surface area contributed by atoms with Crippen LogP contribution in [0.1, 0.15) is 58.8 Å². The summed E-state index contributed by atoms with van der Waals surface area (Å²) in [4.78, 5) is 25.0. The van der Waals surface area contributed by atoms with Crippen LogP contribution in [-0.2, 0) is 28.5 Å². The topological polar surface area (TPSA) is 172 Å². The zero-order chi connectivity index (χ0) is 28.4. The van der Waals surface area contributed by atoms with Crippen molar-refractivity contribution in [3.8, 4) is 0 Å². The molecular formula is C29H40O11. The molecule has 222 valence electrons. The highest BCUT2D eigenvalue weighted by molar-refractivity contribution is 5.85. The van der Waals surface area contributed by atoms with E-state index in [2.05, 4.69) is 0 Å². The van der Waals surface area contributed by atoms with Gasteiger partial charge in [0.25, 0.3) is 0 Å². The molecule has 3 heterocycles. The quantitative estimate of drug-likeness (QED) is 0.173. The normalized spacial score (nSPS) is 58.9. The lowest BCUT2D eigenvalue weighted by atomic mass is 9.42. The van der Waals surface area contributed by atoms with E-state index in [9.17, 15) is 35.1 Å². The molecule has 6 fully saturated rings. The molecule has 4 aliphatic carbocycles. The van der Waals surface area contributed by atoms with Crippen LogP contribution in [0.5, 0.6) is 0 Å². The van der Waals surface area contributed by atoms with Crippen LogP contribution in [0, 0.1) is 34.5 Å². The molecule has 15 unspecified atom stereocenters. The molecule has 3 aliphatic heterocycles. The maximum Gasteiger partial charge on any atom is 0.331 e. The highest BCUT2D eigenvalue weighted by Crippen LogP contribution is 2.70. The maximum atomic E-state index is 13.2. The number of rotatable bonds is 2. The lowest BCUT2D eigenvalue weighted by Gasteiger charge is -2.65. The maximum absolute atomic E-state index is 13.2. The summed E-state index contributed by atoms with van der Waals surface area (Å²) in [5.74, 6) is -3.53. The van der Waals surface area contributed by atoms with E-state index in [1.807, 2.05) is 6.92 Å². The lowest BCUT2D eigenvalue weighted by molar-refractivity contribution is -0.468. The number of hydrogen-bond donors (Lipinski definition) is 5. The Bertz CT molecular complexity index is 1130. The summed E-state index contributed by atoms with van der Waals surface area (Å²) in [6, 6.07) is 0. The molecule has 2 saturated heterocycles. The summed E-state index contributed by atoms with van der Waals surface area (Å²) in [6.45, 7) is 3.75. The second kappa shape index (κ2) is 8.79. The fraction of sp³-hybridized carbons (Fsp3) is 0.862. The number of aliphatic hydroxyl groups is 5. The lowest BCUT2D eigenvalue weighted by Crippen LogP contribution is -2.74. The molecular weight excluding hydrogens is 524 g/mol. The second-order valence-electron chi connectivity index (χ2n) is 13.8. The average molecular weight is 565 g/mol. The molecule has 0 radical (unpaired) electrons. The predicted molar refractivity (Wildman–Crippen MR) is 134 cm³/mol. The van der Waals surface area contributed by atoms with Crippen molar-refractivity contribution in [3.05, 3.63) is 11.6 Å². The number of carbonyl (C=O) groups is 2. The second-order valence-corrected chi connectivity index (χ2v) is 13.8. The van der Waals surface area contributed by atoms with Gasteiger partial charge in [-0.3, -0.25) is 0 Å². The van der Waals surface area contributed by atoms with E-state index < -0.39 is 71.1 Å². The van der Waals surface area contributed by atoms with Gasteiger partial charge >= 0.3 is 5.97 Å². The van der Waals surface area contributed by atoms with Gasteiger partial charge in [0.05, 0.1) is 30.0 Å². The summed E-state index contributed by atoms with van der Waals surface area (Å²) in [5.41, 5.74) is -2.22. The molecule has 11 nitrogen and oxygen atoms in total. The van der Waals surface area contributed by atoms with Crippen LogP contribution in [0.2, 0.25) is 0 Å². The number of ether oxygens (including phenoxy) is 4. The first-order valence-electron chi connectivity index (χ1n) is 14.7. The van der Waals surface area contributed by atoms with Crippen LogP contribution in [-0.4, -0.2) is 98.7 Å². The van der Waals surface area contributed by atoms with E-state index in [0.717, 1.165) is 11.9 Å². The van der Waals surface area contributed by atoms with Crippen LogP contribution in [0.3, 0.4) is 0 Å². The Morgan fingerprint density at radius 1 is 1.02 bits per heavy atom. The van der Waals surface area contributed by atoms with Crippen LogP contribution >= 0.6 is 0 Å². The third-order valence-electron chi connectivity index (χ3n) is 12.3. The van der Waals surface area contributed by atoms with Gasteiger partial charge in [-0.25, -0.2) is 4.79 Å². The Kier molecular flexibility index (Phi) is 6.02. The van der Waals surface area contributed by atoms with Gasteiger partial charge in [-0.1, -0.05) is 6.92 Å². The van der Waals surface area contributed by atoms with Crippen molar-refractivity contribution in [2.24, 2.45) is 34.5 Å². The summed E-state index contributed by atoms with van der Waals surface area (Å²) in [5, 5.41) is 56.2. The van der Waals surface area contributed by atoms with Crippen molar-refractivity contribution in [3.63, 3.8) is 0 Å². The molecule has 0 spiro atoms. The fourth-order valence-corrected chi connectivity index (χ4v) is 10.2. The molecule has 0 aromatic heterocycles. The zero-order valence-electron chi connectivity index (χ0n) is 22.8. The number of cyclic esters (lactones) is 1. The van der Waals surface area contributed by atoms with Gasteiger partial charge in [-0.05, 0) is 81.1 Å². The summed E-state index contributed by atoms with van der Waals surface area (Å²) < 4.78 is 23.1. The van der Waals surface area contributed by atoms with Crippen molar-refractivity contribution in [1.29, 1.82) is 0 Å². The third-order valence-corrected chi connectivity index (χ3v) is 12.3. The smallest absolute Gasteiger partial charge is 0.331 e. The van der Waals surface area contributed by atoms with Gasteiger partial charge in [0.15, 0.2) is 0 Å². The number of hydrogen-bond acceptors (Lipinski definition) is 11. The summed E-state index contributed by atoms with van der Waals surface area (Å²) in [7, 11) is 0. The van der Waals surface area contributed by atoms with Crippen molar-refractivity contribution >= 4 is 12.3 Å².